The van der Waals surface area contributed by atoms with Gasteiger partial charge < -0.3 is 15.3 Å². The van der Waals surface area contributed by atoms with Gasteiger partial charge in [-0.15, -0.1) is 0 Å². The largest absolute Gasteiger partial charge is 0.391 e. The molecule has 24 heavy (non-hydrogen) atoms. The van der Waals surface area contributed by atoms with Crippen LogP contribution in [-0.2, 0) is 6.54 Å². The molecule has 0 saturated carbocycles. The molecular weight excluding hydrogens is 300 g/mol. The first-order valence-electron chi connectivity index (χ1n) is 9.25. The summed E-state index contributed by atoms with van der Waals surface area (Å²) in [5.74, 6) is 0.959. The first-order valence-corrected chi connectivity index (χ1v) is 9.25. The minimum Gasteiger partial charge on any atom is -0.391 e. The number of nitrogens with zero attached hydrogens (tertiary/aromatic N) is 3. The van der Waals surface area contributed by atoms with Crippen LogP contribution >= 0.6 is 0 Å². The SMILES string of the molecule is CCNC(=NCC1CCCN1Cc1ccccc1)N1CC[C@@H](O)C1. The van der Waals surface area contributed by atoms with E-state index in [1.54, 1.807) is 0 Å². The Morgan fingerprint density at radius 2 is 2.08 bits per heavy atom. The molecule has 0 bridgehead atoms. The number of aliphatic imine (C=N–C) groups is 1. The summed E-state index contributed by atoms with van der Waals surface area (Å²) in [6.45, 7) is 7.56. The molecule has 2 aliphatic heterocycles. The smallest absolute Gasteiger partial charge is 0.194 e. The van der Waals surface area contributed by atoms with Crippen LogP contribution in [0.15, 0.2) is 35.3 Å². The molecule has 1 unspecified atom stereocenters. The molecule has 2 N–H and O–H groups in total. The maximum Gasteiger partial charge on any atom is 0.194 e. The van der Waals surface area contributed by atoms with Gasteiger partial charge in [0.25, 0.3) is 0 Å². The molecule has 2 saturated heterocycles. The molecule has 2 aliphatic rings. The van der Waals surface area contributed by atoms with Gasteiger partial charge in [0.05, 0.1) is 12.6 Å². The number of likely N-dealkylation sites (tertiary alicyclic amines) is 2. The zero-order valence-corrected chi connectivity index (χ0v) is 14.7. The maximum absolute atomic E-state index is 9.77. The average molecular weight is 330 g/mol. The van der Waals surface area contributed by atoms with E-state index in [2.05, 4.69) is 52.4 Å². The van der Waals surface area contributed by atoms with E-state index in [0.717, 1.165) is 45.1 Å². The quantitative estimate of drug-likeness (QED) is 0.637. The maximum atomic E-state index is 9.77. The van der Waals surface area contributed by atoms with Crippen molar-refractivity contribution >= 4 is 5.96 Å². The summed E-state index contributed by atoms with van der Waals surface area (Å²) in [5.41, 5.74) is 1.38. The predicted molar refractivity (Wildman–Crippen MR) is 98.0 cm³/mol. The number of hydrogen-bond acceptors (Lipinski definition) is 3. The third-order valence-electron chi connectivity index (χ3n) is 4.98. The minimum atomic E-state index is -0.213. The van der Waals surface area contributed by atoms with Crippen molar-refractivity contribution < 1.29 is 5.11 Å². The zero-order valence-electron chi connectivity index (χ0n) is 14.7. The highest BCUT2D eigenvalue weighted by molar-refractivity contribution is 5.80. The molecule has 5 heteroatoms. The van der Waals surface area contributed by atoms with Crippen molar-refractivity contribution in [3.05, 3.63) is 35.9 Å². The molecule has 1 aromatic rings. The Morgan fingerprint density at radius 1 is 1.25 bits per heavy atom. The van der Waals surface area contributed by atoms with E-state index in [4.69, 9.17) is 4.99 Å². The van der Waals surface area contributed by atoms with Crippen LogP contribution in [-0.4, -0.2) is 65.7 Å². The van der Waals surface area contributed by atoms with Crippen molar-refractivity contribution in [2.45, 2.75) is 44.9 Å². The molecule has 5 nitrogen and oxygen atoms in total. The molecule has 132 valence electrons. The Labute approximate surface area is 145 Å². The number of β-amino-alcohol motifs (C(OH)–C–C–N with tert-alkyl or cyclic N) is 1. The normalized spacial score (nSPS) is 25.4. The Hall–Kier alpha value is -1.59. The number of hydrogen-bond donors (Lipinski definition) is 2. The molecule has 0 spiro atoms. The van der Waals surface area contributed by atoms with Crippen molar-refractivity contribution in [3.8, 4) is 0 Å². The second-order valence-electron chi connectivity index (χ2n) is 6.84. The summed E-state index contributed by atoms with van der Waals surface area (Å²) in [5, 5.41) is 13.1. The van der Waals surface area contributed by atoms with Crippen LogP contribution in [0.3, 0.4) is 0 Å². The van der Waals surface area contributed by atoms with Crippen molar-refractivity contribution in [2.24, 2.45) is 4.99 Å². The van der Waals surface area contributed by atoms with Crippen LogP contribution in [0.5, 0.6) is 0 Å². The minimum absolute atomic E-state index is 0.213. The Kier molecular flexibility index (Phi) is 6.10. The van der Waals surface area contributed by atoms with E-state index in [-0.39, 0.29) is 6.10 Å². The van der Waals surface area contributed by atoms with Crippen molar-refractivity contribution in [1.29, 1.82) is 0 Å². The molecule has 0 radical (unpaired) electrons. The molecule has 2 atom stereocenters. The highest BCUT2D eigenvalue weighted by atomic mass is 16.3. The molecule has 0 amide bonds. The summed E-state index contributed by atoms with van der Waals surface area (Å²) >= 11 is 0. The number of aliphatic hydroxyl groups is 1. The Morgan fingerprint density at radius 3 is 2.79 bits per heavy atom. The average Bonchev–Trinajstić information content (AvgIpc) is 3.21. The van der Waals surface area contributed by atoms with Gasteiger partial charge in [0.1, 0.15) is 0 Å². The van der Waals surface area contributed by atoms with Crippen molar-refractivity contribution in [3.63, 3.8) is 0 Å². The molecule has 0 aliphatic carbocycles. The lowest BCUT2D eigenvalue weighted by molar-refractivity contribution is 0.187. The van der Waals surface area contributed by atoms with Crippen molar-refractivity contribution in [1.82, 2.24) is 15.1 Å². The van der Waals surface area contributed by atoms with Gasteiger partial charge in [-0.3, -0.25) is 9.89 Å². The first-order chi connectivity index (χ1) is 11.8. The van der Waals surface area contributed by atoms with Crippen LogP contribution in [0.2, 0.25) is 0 Å². The lowest BCUT2D eigenvalue weighted by Gasteiger charge is -2.25. The van der Waals surface area contributed by atoms with Crippen LogP contribution in [0.25, 0.3) is 0 Å². The van der Waals surface area contributed by atoms with Crippen molar-refractivity contribution in [2.75, 3.05) is 32.7 Å². The van der Waals surface area contributed by atoms with Gasteiger partial charge in [-0.05, 0) is 38.3 Å². The number of rotatable bonds is 5. The van der Waals surface area contributed by atoms with E-state index in [9.17, 15) is 5.11 Å². The fourth-order valence-electron chi connectivity index (χ4n) is 3.68. The second kappa shape index (κ2) is 8.49. The fraction of sp³-hybridized carbons (Fsp3) is 0.632. The first kappa shape index (κ1) is 17.2. The molecular formula is C19H30N4O. The van der Waals surface area contributed by atoms with Crippen LogP contribution in [0.1, 0.15) is 31.7 Å². The van der Waals surface area contributed by atoms with E-state index < -0.39 is 0 Å². The molecule has 3 rings (SSSR count). The van der Waals surface area contributed by atoms with Gasteiger partial charge in [0.15, 0.2) is 5.96 Å². The third kappa shape index (κ3) is 4.48. The van der Waals surface area contributed by atoms with E-state index in [0.29, 0.717) is 12.6 Å². The number of nitrogens with one attached hydrogen (secondary N) is 1. The zero-order chi connectivity index (χ0) is 16.8. The molecule has 2 fully saturated rings. The number of guanidine groups is 1. The van der Waals surface area contributed by atoms with Crippen LogP contribution in [0.4, 0.5) is 0 Å². The Bertz CT molecular complexity index is 533. The van der Waals surface area contributed by atoms with Gasteiger partial charge in [-0.1, -0.05) is 30.3 Å². The Balaban J connectivity index is 1.60. The van der Waals surface area contributed by atoms with Gasteiger partial charge in [-0.25, -0.2) is 0 Å². The highest BCUT2D eigenvalue weighted by Crippen LogP contribution is 2.20. The standard InChI is InChI=1S/C19H30N4O/c1-2-20-19(23-12-10-18(24)15-23)21-13-17-9-6-11-22(17)14-16-7-4-3-5-8-16/h3-5,7-8,17-18,24H,2,6,9-15H2,1H3,(H,20,21)/t17?,18-/m1/s1. The second-order valence-corrected chi connectivity index (χ2v) is 6.84. The lowest BCUT2D eigenvalue weighted by Crippen LogP contribution is -2.41. The fourth-order valence-corrected chi connectivity index (χ4v) is 3.68. The molecule has 1 aromatic carbocycles. The predicted octanol–water partition coefficient (Wildman–Crippen LogP) is 1.68. The summed E-state index contributed by atoms with van der Waals surface area (Å²) in [6, 6.07) is 11.2. The summed E-state index contributed by atoms with van der Waals surface area (Å²) in [4.78, 5) is 9.62. The summed E-state index contributed by atoms with van der Waals surface area (Å²) < 4.78 is 0. The van der Waals surface area contributed by atoms with Crippen LogP contribution < -0.4 is 5.32 Å². The van der Waals surface area contributed by atoms with E-state index in [1.807, 2.05) is 0 Å². The molecule has 0 aromatic heterocycles. The van der Waals surface area contributed by atoms with E-state index >= 15 is 0 Å². The van der Waals surface area contributed by atoms with Gasteiger partial charge in [-0.2, -0.15) is 0 Å². The third-order valence-corrected chi connectivity index (χ3v) is 4.98. The van der Waals surface area contributed by atoms with Gasteiger partial charge in [0, 0.05) is 32.2 Å². The van der Waals surface area contributed by atoms with E-state index in [1.165, 1.54) is 18.4 Å². The highest BCUT2D eigenvalue weighted by Gasteiger charge is 2.26. The lowest BCUT2D eigenvalue weighted by atomic mass is 10.2. The number of benzene rings is 1. The summed E-state index contributed by atoms with van der Waals surface area (Å²) in [6.07, 6.45) is 3.10. The van der Waals surface area contributed by atoms with Gasteiger partial charge >= 0.3 is 0 Å². The summed E-state index contributed by atoms with van der Waals surface area (Å²) in [7, 11) is 0. The molecule has 2 heterocycles. The van der Waals surface area contributed by atoms with Gasteiger partial charge in [0.2, 0.25) is 0 Å². The number of aliphatic hydroxyl groups excluding tert-OH is 1. The van der Waals surface area contributed by atoms with Crippen LogP contribution in [0, 0.1) is 0 Å². The monoisotopic (exact) mass is 330 g/mol. The topological polar surface area (TPSA) is 51.1 Å².